The summed E-state index contributed by atoms with van der Waals surface area (Å²) in [7, 11) is 0. The summed E-state index contributed by atoms with van der Waals surface area (Å²) in [6, 6.07) is 51.2. The molecule has 0 atom stereocenters. The molecule has 8 aromatic rings. The van der Waals surface area contributed by atoms with Gasteiger partial charge < -0.3 is 0 Å². The fourth-order valence-corrected chi connectivity index (χ4v) is 6.81. The number of aryl methyl sites for hydroxylation is 2. The van der Waals surface area contributed by atoms with Crippen LogP contribution in [0.4, 0.5) is 0 Å². The van der Waals surface area contributed by atoms with E-state index in [9.17, 15) is 0 Å². The van der Waals surface area contributed by atoms with Crippen molar-refractivity contribution < 1.29 is 0 Å². The van der Waals surface area contributed by atoms with E-state index in [4.69, 9.17) is 0 Å². The van der Waals surface area contributed by atoms with Gasteiger partial charge >= 0.3 is 0 Å². The maximum Gasteiger partial charge on any atom is 0.0349 e. The first kappa shape index (κ1) is 26.1. The number of benzene rings is 7. The van der Waals surface area contributed by atoms with Gasteiger partial charge in [-0.05, 0) is 96.7 Å². The van der Waals surface area contributed by atoms with Crippen LogP contribution in [0.2, 0.25) is 0 Å². The van der Waals surface area contributed by atoms with Crippen LogP contribution in [0.1, 0.15) is 11.1 Å². The molecule has 0 radical (unpaired) electrons. The molecule has 0 aliphatic carbocycles. The van der Waals surface area contributed by atoms with Crippen LogP contribution in [0, 0.1) is 13.8 Å². The zero-order chi connectivity index (χ0) is 29.6. The molecule has 8 rings (SSSR count). The topological polar surface area (TPSA) is 12.9 Å². The third kappa shape index (κ3) is 4.29. The number of hydrogen-bond acceptors (Lipinski definition) is 1. The minimum Gasteiger partial charge on any atom is -0.264 e. The molecule has 0 unspecified atom stereocenters. The van der Waals surface area contributed by atoms with Crippen molar-refractivity contribution in [3.8, 4) is 44.5 Å². The SMILES string of the molecule is Cc1ccc(-c2ccc(-c3c4ccccc4c(-c4ccc(-c5cnccc5C)cc4)c4ccccc34)c3ccccc23)cc1. The van der Waals surface area contributed by atoms with Gasteiger partial charge in [0.25, 0.3) is 0 Å². The normalized spacial score (nSPS) is 11.4. The van der Waals surface area contributed by atoms with Gasteiger partial charge in [-0.3, -0.25) is 4.98 Å². The standard InChI is InChI=1S/C43H31N/c1-28-15-17-30(18-16-28)33-23-24-40(35-10-4-3-9-34(33)35)43-38-13-7-5-11-36(38)42(37-12-6-8-14-39(37)43)32-21-19-31(20-22-32)41-27-44-26-25-29(41)2/h3-27H,1-2H3. The van der Waals surface area contributed by atoms with Crippen molar-refractivity contribution >= 4 is 32.3 Å². The molecule has 44 heavy (non-hydrogen) atoms. The summed E-state index contributed by atoms with van der Waals surface area (Å²) in [5.41, 5.74) is 12.4. The van der Waals surface area contributed by atoms with Crippen molar-refractivity contribution in [3.05, 3.63) is 163 Å². The molecule has 0 bridgehead atoms. The van der Waals surface area contributed by atoms with Crippen molar-refractivity contribution in [2.75, 3.05) is 0 Å². The van der Waals surface area contributed by atoms with Gasteiger partial charge in [-0.1, -0.05) is 139 Å². The molecule has 0 N–H and O–H groups in total. The van der Waals surface area contributed by atoms with Crippen molar-refractivity contribution in [2.24, 2.45) is 0 Å². The number of hydrogen-bond donors (Lipinski definition) is 0. The van der Waals surface area contributed by atoms with E-state index in [1.165, 1.54) is 88.0 Å². The van der Waals surface area contributed by atoms with Gasteiger partial charge in [0.2, 0.25) is 0 Å². The lowest BCUT2D eigenvalue weighted by Gasteiger charge is -2.20. The van der Waals surface area contributed by atoms with Gasteiger partial charge in [-0.25, -0.2) is 0 Å². The Morgan fingerprint density at radius 1 is 0.364 bits per heavy atom. The second kappa shape index (κ2) is 10.6. The molecular formula is C43H31N. The van der Waals surface area contributed by atoms with Crippen LogP contribution in [-0.4, -0.2) is 4.98 Å². The van der Waals surface area contributed by atoms with Crippen LogP contribution in [-0.2, 0) is 0 Å². The lowest BCUT2D eigenvalue weighted by Crippen LogP contribution is -1.92. The first-order valence-electron chi connectivity index (χ1n) is 15.2. The Morgan fingerprint density at radius 2 is 0.818 bits per heavy atom. The van der Waals surface area contributed by atoms with Gasteiger partial charge in [0, 0.05) is 18.0 Å². The molecule has 0 aliphatic rings. The zero-order valence-electron chi connectivity index (χ0n) is 24.9. The first-order chi connectivity index (χ1) is 21.7. The van der Waals surface area contributed by atoms with Crippen molar-refractivity contribution in [1.82, 2.24) is 4.98 Å². The molecular weight excluding hydrogens is 530 g/mol. The summed E-state index contributed by atoms with van der Waals surface area (Å²) in [6.07, 6.45) is 3.81. The van der Waals surface area contributed by atoms with Gasteiger partial charge in [0.15, 0.2) is 0 Å². The molecule has 1 heterocycles. The van der Waals surface area contributed by atoms with E-state index in [0.717, 1.165) is 0 Å². The predicted molar refractivity (Wildman–Crippen MR) is 188 cm³/mol. The molecule has 0 spiro atoms. The van der Waals surface area contributed by atoms with E-state index in [1.807, 2.05) is 12.4 Å². The highest BCUT2D eigenvalue weighted by Crippen LogP contribution is 2.46. The predicted octanol–water partition coefficient (Wildman–Crippen LogP) is 11.8. The van der Waals surface area contributed by atoms with Crippen LogP contribution in [0.15, 0.2) is 152 Å². The van der Waals surface area contributed by atoms with Crippen LogP contribution in [0.25, 0.3) is 76.8 Å². The average Bonchev–Trinajstić information content (AvgIpc) is 3.08. The highest BCUT2D eigenvalue weighted by atomic mass is 14.6. The summed E-state index contributed by atoms with van der Waals surface area (Å²) in [5.74, 6) is 0. The van der Waals surface area contributed by atoms with Crippen LogP contribution in [0.3, 0.4) is 0 Å². The minimum absolute atomic E-state index is 1.17. The van der Waals surface area contributed by atoms with Crippen LogP contribution < -0.4 is 0 Å². The van der Waals surface area contributed by atoms with E-state index < -0.39 is 0 Å². The molecule has 208 valence electrons. The van der Waals surface area contributed by atoms with Crippen molar-refractivity contribution in [3.63, 3.8) is 0 Å². The maximum atomic E-state index is 4.37. The summed E-state index contributed by atoms with van der Waals surface area (Å²) in [5, 5.41) is 7.59. The van der Waals surface area contributed by atoms with Crippen molar-refractivity contribution in [2.45, 2.75) is 13.8 Å². The second-order valence-electron chi connectivity index (χ2n) is 11.7. The lowest BCUT2D eigenvalue weighted by atomic mass is 9.83. The molecule has 1 nitrogen and oxygen atoms in total. The molecule has 0 aliphatic heterocycles. The van der Waals surface area contributed by atoms with E-state index in [-0.39, 0.29) is 0 Å². The summed E-state index contributed by atoms with van der Waals surface area (Å²) >= 11 is 0. The Hall–Kier alpha value is -5.53. The molecule has 0 fully saturated rings. The number of rotatable bonds is 4. The van der Waals surface area contributed by atoms with E-state index in [2.05, 4.69) is 158 Å². The molecule has 1 heteroatoms. The Labute approximate surface area is 258 Å². The smallest absolute Gasteiger partial charge is 0.0349 e. The third-order valence-electron chi connectivity index (χ3n) is 9.01. The Morgan fingerprint density at radius 3 is 1.41 bits per heavy atom. The molecule has 0 saturated carbocycles. The molecule has 0 amide bonds. The summed E-state index contributed by atoms with van der Waals surface area (Å²) < 4.78 is 0. The van der Waals surface area contributed by atoms with Gasteiger partial charge in [0.1, 0.15) is 0 Å². The number of pyridine rings is 1. The fraction of sp³-hybridized carbons (Fsp3) is 0.0465. The molecule has 7 aromatic carbocycles. The van der Waals surface area contributed by atoms with Crippen molar-refractivity contribution in [1.29, 1.82) is 0 Å². The fourth-order valence-electron chi connectivity index (χ4n) is 6.81. The maximum absolute atomic E-state index is 4.37. The monoisotopic (exact) mass is 561 g/mol. The first-order valence-corrected chi connectivity index (χ1v) is 15.2. The van der Waals surface area contributed by atoms with Crippen LogP contribution in [0.5, 0.6) is 0 Å². The van der Waals surface area contributed by atoms with Gasteiger partial charge in [-0.15, -0.1) is 0 Å². The quantitative estimate of drug-likeness (QED) is 0.195. The average molecular weight is 562 g/mol. The minimum atomic E-state index is 1.17. The zero-order valence-corrected chi connectivity index (χ0v) is 24.9. The van der Waals surface area contributed by atoms with E-state index in [1.54, 1.807) is 0 Å². The van der Waals surface area contributed by atoms with Gasteiger partial charge in [-0.2, -0.15) is 0 Å². The van der Waals surface area contributed by atoms with E-state index >= 15 is 0 Å². The number of fused-ring (bicyclic) bond motifs is 3. The van der Waals surface area contributed by atoms with Gasteiger partial charge in [0.05, 0.1) is 0 Å². The highest BCUT2D eigenvalue weighted by Gasteiger charge is 2.19. The molecule has 0 saturated heterocycles. The summed E-state index contributed by atoms with van der Waals surface area (Å²) in [6.45, 7) is 4.28. The summed E-state index contributed by atoms with van der Waals surface area (Å²) in [4.78, 5) is 4.37. The van der Waals surface area contributed by atoms with Crippen LogP contribution >= 0.6 is 0 Å². The third-order valence-corrected chi connectivity index (χ3v) is 9.01. The number of aromatic nitrogens is 1. The largest absolute Gasteiger partial charge is 0.264 e. The Balaban J connectivity index is 1.38. The molecule has 1 aromatic heterocycles. The van der Waals surface area contributed by atoms with E-state index in [0.29, 0.717) is 0 Å². The Bertz CT molecular complexity index is 2270. The lowest BCUT2D eigenvalue weighted by molar-refractivity contribution is 1.29. The highest BCUT2D eigenvalue weighted by molar-refractivity contribution is 6.24. The number of nitrogens with zero attached hydrogens (tertiary/aromatic N) is 1. The Kier molecular flexibility index (Phi) is 6.31. The second-order valence-corrected chi connectivity index (χ2v) is 11.7.